The molecule has 1 rings (SSSR count). The maximum Gasteiger partial charge on any atom is 0.0590 e. The van der Waals surface area contributed by atoms with Crippen molar-refractivity contribution >= 4 is 0 Å². The molecule has 2 unspecified atom stereocenters. The number of hydrogen-bond acceptors (Lipinski definition) is 2. The zero-order valence-electron chi connectivity index (χ0n) is 14.7. The first kappa shape index (κ1) is 19.0. The second-order valence-corrected chi connectivity index (χ2v) is 6.83. The van der Waals surface area contributed by atoms with E-state index in [0.29, 0.717) is 12.1 Å². The minimum absolute atomic E-state index is 0.533. The second kappa shape index (κ2) is 13.6. The molecule has 2 atom stereocenters. The van der Waals surface area contributed by atoms with Gasteiger partial charge in [-0.15, -0.1) is 0 Å². The monoisotopic (exact) mass is 297 g/mol. The molecule has 1 fully saturated rings. The molecule has 0 spiro atoms. The SMILES string of the molecule is CCCCCCCCCCCCC(CC1CCCO1)NC. The van der Waals surface area contributed by atoms with Crippen molar-refractivity contribution in [1.82, 2.24) is 5.32 Å². The van der Waals surface area contributed by atoms with Gasteiger partial charge in [0.15, 0.2) is 0 Å². The van der Waals surface area contributed by atoms with Gasteiger partial charge in [-0.1, -0.05) is 71.1 Å². The summed E-state index contributed by atoms with van der Waals surface area (Å²) in [6.45, 7) is 3.27. The highest BCUT2D eigenvalue weighted by molar-refractivity contribution is 4.74. The van der Waals surface area contributed by atoms with Crippen molar-refractivity contribution in [2.24, 2.45) is 0 Å². The summed E-state index contributed by atoms with van der Waals surface area (Å²) in [6.07, 6.45) is 19.9. The molecule has 21 heavy (non-hydrogen) atoms. The molecule has 0 aromatic rings. The highest BCUT2D eigenvalue weighted by atomic mass is 16.5. The van der Waals surface area contributed by atoms with Crippen molar-refractivity contribution in [3.8, 4) is 0 Å². The molecule has 0 amide bonds. The molecule has 0 saturated carbocycles. The van der Waals surface area contributed by atoms with E-state index in [1.54, 1.807) is 0 Å². The maximum absolute atomic E-state index is 5.74. The van der Waals surface area contributed by atoms with Crippen LogP contribution in [0.25, 0.3) is 0 Å². The third kappa shape index (κ3) is 10.3. The Morgan fingerprint density at radius 1 is 0.952 bits per heavy atom. The molecular weight excluding hydrogens is 258 g/mol. The summed E-state index contributed by atoms with van der Waals surface area (Å²) >= 11 is 0. The van der Waals surface area contributed by atoms with Crippen molar-refractivity contribution < 1.29 is 4.74 Å². The van der Waals surface area contributed by atoms with Crippen LogP contribution in [0.1, 0.15) is 96.8 Å². The predicted molar refractivity (Wildman–Crippen MR) is 92.9 cm³/mol. The van der Waals surface area contributed by atoms with Gasteiger partial charge in [0.2, 0.25) is 0 Å². The molecule has 126 valence electrons. The van der Waals surface area contributed by atoms with Gasteiger partial charge in [0.1, 0.15) is 0 Å². The fourth-order valence-electron chi connectivity index (χ4n) is 3.41. The summed E-state index contributed by atoms with van der Waals surface area (Å²) in [5.74, 6) is 0. The summed E-state index contributed by atoms with van der Waals surface area (Å²) in [5, 5.41) is 3.48. The van der Waals surface area contributed by atoms with E-state index in [2.05, 4.69) is 19.3 Å². The van der Waals surface area contributed by atoms with Crippen LogP contribution in [0.3, 0.4) is 0 Å². The Kier molecular flexibility index (Phi) is 12.3. The van der Waals surface area contributed by atoms with Crippen molar-refractivity contribution in [3.05, 3.63) is 0 Å². The van der Waals surface area contributed by atoms with Crippen LogP contribution in [0.4, 0.5) is 0 Å². The van der Waals surface area contributed by atoms with Crippen LogP contribution in [0.5, 0.6) is 0 Å². The highest BCUT2D eigenvalue weighted by Crippen LogP contribution is 2.19. The van der Waals surface area contributed by atoms with Gasteiger partial charge in [0, 0.05) is 12.6 Å². The van der Waals surface area contributed by atoms with Crippen LogP contribution in [0, 0.1) is 0 Å². The molecule has 2 nitrogen and oxygen atoms in total. The van der Waals surface area contributed by atoms with Gasteiger partial charge in [-0.25, -0.2) is 0 Å². The van der Waals surface area contributed by atoms with E-state index in [1.807, 2.05) is 0 Å². The van der Waals surface area contributed by atoms with Gasteiger partial charge >= 0.3 is 0 Å². The zero-order valence-corrected chi connectivity index (χ0v) is 14.7. The Morgan fingerprint density at radius 3 is 2.10 bits per heavy atom. The molecular formula is C19H39NO. The van der Waals surface area contributed by atoms with E-state index in [0.717, 1.165) is 6.61 Å². The largest absolute Gasteiger partial charge is 0.378 e. The molecule has 0 aromatic heterocycles. The zero-order chi connectivity index (χ0) is 15.2. The minimum Gasteiger partial charge on any atom is -0.378 e. The number of hydrogen-bond donors (Lipinski definition) is 1. The van der Waals surface area contributed by atoms with Gasteiger partial charge in [0.25, 0.3) is 0 Å². The molecule has 0 bridgehead atoms. The van der Waals surface area contributed by atoms with Crippen molar-refractivity contribution in [1.29, 1.82) is 0 Å². The van der Waals surface area contributed by atoms with Crippen molar-refractivity contribution in [3.63, 3.8) is 0 Å². The average Bonchev–Trinajstić information content (AvgIpc) is 3.01. The van der Waals surface area contributed by atoms with Crippen LogP contribution in [0.2, 0.25) is 0 Å². The molecule has 1 aliphatic heterocycles. The third-order valence-corrected chi connectivity index (χ3v) is 4.89. The number of ether oxygens (including phenoxy) is 1. The lowest BCUT2D eigenvalue weighted by Crippen LogP contribution is -2.29. The van der Waals surface area contributed by atoms with E-state index >= 15 is 0 Å². The predicted octanol–water partition coefficient (Wildman–Crippen LogP) is 5.45. The molecule has 1 saturated heterocycles. The minimum atomic E-state index is 0.533. The van der Waals surface area contributed by atoms with Crippen molar-refractivity contribution in [2.75, 3.05) is 13.7 Å². The van der Waals surface area contributed by atoms with E-state index in [9.17, 15) is 0 Å². The Balaban J connectivity index is 1.85. The lowest BCUT2D eigenvalue weighted by Gasteiger charge is -2.19. The Hall–Kier alpha value is -0.0800. The van der Waals surface area contributed by atoms with E-state index in [1.165, 1.54) is 89.9 Å². The molecule has 1 N–H and O–H groups in total. The summed E-state index contributed by atoms with van der Waals surface area (Å²) < 4.78 is 5.74. The summed E-state index contributed by atoms with van der Waals surface area (Å²) in [7, 11) is 2.11. The van der Waals surface area contributed by atoms with Gasteiger partial charge in [-0.05, 0) is 32.7 Å². The standard InChI is InChI=1S/C19H39NO/c1-3-4-5-6-7-8-9-10-11-12-14-18(20-2)17-19-15-13-16-21-19/h18-20H,3-17H2,1-2H3. The Labute approximate surface area is 133 Å². The van der Waals surface area contributed by atoms with Crippen LogP contribution in [0.15, 0.2) is 0 Å². The Morgan fingerprint density at radius 2 is 1.57 bits per heavy atom. The first-order valence-electron chi connectivity index (χ1n) is 9.65. The van der Waals surface area contributed by atoms with Gasteiger partial charge in [-0.3, -0.25) is 0 Å². The van der Waals surface area contributed by atoms with Crippen LogP contribution in [-0.2, 0) is 4.74 Å². The van der Waals surface area contributed by atoms with Crippen LogP contribution >= 0.6 is 0 Å². The molecule has 0 aliphatic carbocycles. The molecule has 2 heteroatoms. The van der Waals surface area contributed by atoms with E-state index < -0.39 is 0 Å². The molecule has 0 aromatic carbocycles. The number of unbranched alkanes of at least 4 members (excludes halogenated alkanes) is 9. The summed E-state index contributed by atoms with van der Waals surface area (Å²) in [6, 6.07) is 0.669. The van der Waals surface area contributed by atoms with E-state index in [4.69, 9.17) is 4.74 Å². The van der Waals surface area contributed by atoms with Crippen LogP contribution < -0.4 is 5.32 Å². The number of rotatable bonds is 14. The highest BCUT2D eigenvalue weighted by Gasteiger charge is 2.19. The van der Waals surface area contributed by atoms with E-state index in [-0.39, 0.29) is 0 Å². The average molecular weight is 298 g/mol. The quantitative estimate of drug-likeness (QED) is 0.430. The third-order valence-electron chi connectivity index (χ3n) is 4.89. The fourth-order valence-corrected chi connectivity index (χ4v) is 3.41. The Bertz CT molecular complexity index is 214. The smallest absolute Gasteiger partial charge is 0.0590 e. The second-order valence-electron chi connectivity index (χ2n) is 6.83. The van der Waals surface area contributed by atoms with Gasteiger partial charge < -0.3 is 10.1 Å². The van der Waals surface area contributed by atoms with Gasteiger partial charge in [0.05, 0.1) is 6.10 Å². The van der Waals surface area contributed by atoms with Crippen molar-refractivity contribution in [2.45, 2.75) is 109 Å². The maximum atomic E-state index is 5.74. The summed E-state index contributed by atoms with van der Waals surface area (Å²) in [5.41, 5.74) is 0. The normalized spacial score (nSPS) is 20.0. The lowest BCUT2D eigenvalue weighted by molar-refractivity contribution is 0.0941. The molecule has 1 aliphatic rings. The fraction of sp³-hybridized carbons (Fsp3) is 1.00. The lowest BCUT2D eigenvalue weighted by atomic mass is 10.00. The summed E-state index contributed by atoms with van der Waals surface area (Å²) in [4.78, 5) is 0. The topological polar surface area (TPSA) is 21.3 Å². The van der Waals surface area contributed by atoms with Gasteiger partial charge in [-0.2, -0.15) is 0 Å². The molecule has 0 radical (unpaired) electrons. The number of nitrogens with one attached hydrogen (secondary N) is 1. The first-order chi connectivity index (χ1) is 10.4. The molecule has 1 heterocycles. The first-order valence-corrected chi connectivity index (χ1v) is 9.65. The van der Waals surface area contributed by atoms with Crippen LogP contribution in [-0.4, -0.2) is 25.8 Å².